The molecule has 6 heteroatoms. The first-order valence-corrected chi connectivity index (χ1v) is 9.15. The molecule has 0 spiro atoms. The number of halogens is 1. The number of nitrogens with zero attached hydrogens (tertiary/aromatic N) is 5. The fourth-order valence-electron chi connectivity index (χ4n) is 3.37. The summed E-state index contributed by atoms with van der Waals surface area (Å²) in [4.78, 5) is 2.20. The van der Waals surface area contributed by atoms with Gasteiger partial charge in [-0.2, -0.15) is 10.2 Å². The van der Waals surface area contributed by atoms with Gasteiger partial charge >= 0.3 is 0 Å². The lowest BCUT2D eigenvalue weighted by molar-refractivity contribution is 0.319. The van der Waals surface area contributed by atoms with Crippen LogP contribution < -0.4 is 0 Å². The molecule has 4 aromatic rings. The van der Waals surface area contributed by atoms with Crippen LogP contribution in [0.25, 0.3) is 16.9 Å². The van der Waals surface area contributed by atoms with Gasteiger partial charge in [-0.05, 0) is 42.9 Å². The Balaban J connectivity index is 1.49. The third kappa shape index (κ3) is 3.87. The molecule has 0 saturated heterocycles. The summed E-state index contributed by atoms with van der Waals surface area (Å²) in [5, 5.41) is 8.73. The van der Waals surface area contributed by atoms with Crippen LogP contribution in [0.4, 0.5) is 4.39 Å². The molecule has 4 rings (SSSR count). The van der Waals surface area contributed by atoms with E-state index in [1.54, 1.807) is 23.0 Å². The van der Waals surface area contributed by atoms with E-state index in [1.165, 1.54) is 11.6 Å². The Labute approximate surface area is 163 Å². The number of aryl methyl sites for hydroxylation is 1. The summed E-state index contributed by atoms with van der Waals surface area (Å²) in [5.74, 6) is -0.251. The van der Waals surface area contributed by atoms with Crippen molar-refractivity contribution in [2.75, 3.05) is 7.05 Å². The number of rotatable bonds is 6. The molecule has 0 amide bonds. The summed E-state index contributed by atoms with van der Waals surface area (Å²) in [6, 6.07) is 17.0. The van der Waals surface area contributed by atoms with E-state index in [4.69, 9.17) is 0 Å². The molecule has 0 aliphatic carbocycles. The van der Waals surface area contributed by atoms with Crippen LogP contribution in [0.1, 0.15) is 11.1 Å². The molecule has 0 N–H and O–H groups in total. The zero-order chi connectivity index (χ0) is 19.5. The van der Waals surface area contributed by atoms with Gasteiger partial charge < -0.3 is 0 Å². The van der Waals surface area contributed by atoms with E-state index < -0.39 is 0 Å². The van der Waals surface area contributed by atoms with Crippen LogP contribution in [-0.4, -0.2) is 31.5 Å². The molecule has 28 heavy (non-hydrogen) atoms. The zero-order valence-corrected chi connectivity index (χ0v) is 16.0. The van der Waals surface area contributed by atoms with E-state index in [9.17, 15) is 4.39 Å². The summed E-state index contributed by atoms with van der Waals surface area (Å²) in [6.45, 7) is 1.46. The van der Waals surface area contributed by atoms with Crippen molar-refractivity contribution in [2.45, 2.75) is 13.1 Å². The molecule has 0 atom stereocenters. The van der Waals surface area contributed by atoms with E-state index >= 15 is 0 Å². The molecule has 0 fully saturated rings. The fraction of sp³-hybridized carbons (Fsp3) is 0.182. The number of hydrogen-bond acceptors (Lipinski definition) is 3. The predicted octanol–water partition coefficient (Wildman–Crippen LogP) is 4.04. The lowest BCUT2D eigenvalue weighted by Crippen LogP contribution is -2.17. The molecule has 2 aromatic heterocycles. The van der Waals surface area contributed by atoms with Crippen LogP contribution in [0.2, 0.25) is 0 Å². The standard InChI is InChI=1S/C22H22FN5/c1-26(14-17-8-10-19(11-9-17)28-13-5-12-24-28)15-18-16-27(2)25-22(18)20-6-3-4-7-21(20)23/h3-13,16H,14-15H2,1-2H3. The van der Waals surface area contributed by atoms with Crippen molar-refractivity contribution in [3.8, 4) is 16.9 Å². The average molecular weight is 375 g/mol. The minimum absolute atomic E-state index is 0.251. The number of benzene rings is 2. The van der Waals surface area contributed by atoms with Gasteiger partial charge in [0, 0.05) is 49.9 Å². The van der Waals surface area contributed by atoms with Gasteiger partial charge in [0.2, 0.25) is 0 Å². The third-order valence-corrected chi connectivity index (χ3v) is 4.63. The van der Waals surface area contributed by atoms with E-state index in [1.807, 2.05) is 36.3 Å². The highest BCUT2D eigenvalue weighted by Crippen LogP contribution is 2.25. The largest absolute Gasteiger partial charge is 0.298 e. The van der Waals surface area contributed by atoms with Crippen LogP contribution in [0.15, 0.2) is 73.2 Å². The van der Waals surface area contributed by atoms with Crippen LogP contribution in [0.5, 0.6) is 0 Å². The monoisotopic (exact) mass is 375 g/mol. The van der Waals surface area contributed by atoms with Crippen molar-refractivity contribution in [2.24, 2.45) is 7.05 Å². The summed E-state index contributed by atoms with van der Waals surface area (Å²) in [7, 11) is 3.92. The van der Waals surface area contributed by atoms with Crippen molar-refractivity contribution in [1.29, 1.82) is 0 Å². The highest BCUT2D eigenvalue weighted by atomic mass is 19.1. The molecule has 0 bridgehead atoms. The molecule has 0 saturated carbocycles. The Morgan fingerprint density at radius 1 is 1.00 bits per heavy atom. The zero-order valence-electron chi connectivity index (χ0n) is 16.0. The quantitative estimate of drug-likeness (QED) is 0.510. The second-order valence-corrected chi connectivity index (χ2v) is 6.95. The maximum Gasteiger partial charge on any atom is 0.132 e. The molecular formula is C22H22FN5. The lowest BCUT2D eigenvalue weighted by atomic mass is 10.1. The Bertz CT molecular complexity index is 1050. The second-order valence-electron chi connectivity index (χ2n) is 6.95. The smallest absolute Gasteiger partial charge is 0.132 e. The van der Waals surface area contributed by atoms with Crippen LogP contribution in [0.3, 0.4) is 0 Å². The molecule has 0 unspecified atom stereocenters. The fourth-order valence-corrected chi connectivity index (χ4v) is 3.37. The average Bonchev–Trinajstić information content (AvgIpc) is 3.33. The molecule has 5 nitrogen and oxygen atoms in total. The summed E-state index contributed by atoms with van der Waals surface area (Å²) in [5.41, 5.74) is 4.47. The molecular weight excluding hydrogens is 353 g/mol. The number of aromatic nitrogens is 4. The van der Waals surface area contributed by atoms with Gasteiger partial charge in [0.25, 0.3) is 0 Å². The van der Waals surface area contributed by atoms with Crippen molar-refractivity contribution >= 4 is 0 Å². The van der Waals surface area contributed by atoms with Gasteiger partial charge in [-0.15, -0.1) is 0 Å². The summed E-state index contributed by atoms with van der Waals surface area (Å²) < 4.78 is 17.8. The maximum absolute atomic E-state index is 14.2. The highest BCUT2D eigenvalue weighted by Gasteiger charge is 2.15. The van der Waals surface area contributed by atoms with E-state index in [0.29, 0.717) is 17.8 Å². The molecule has 0 aliphatic heterocycles. The Hall–Kier alpha value is -3.25. The highest BCUT2D eigenvalue weighted by molar-refractivity contribution is 5.63. The Kier molecular flexibility index (Phi) is 5.04. The van der Waals surface area contributed by atoms with Gasteiger partial charge in [-0.1, -0.05) is 24.3 Å². The Morgan fingerprint density at radius 2 is 1.79 bits per heavy atom. The van der Waals surface area contributed by atoms with Crippen molar-refractivity contribution in [3.05, 3.63) is 90.1 Å². The van der Waals surface area contributed by atoms with E-state index in [-0.39, 0.29) is 5.82 Å². The summed E-state index contributed by atoms with van der Waals surface area (Å²) >= 11 is 0. The van der Waals surface area contributed by atoms with Crippen LogP contribution in [-0.2, 0) is 20.1 Å². The first-order valence-electron chi connectivity index (χ1n) is 9.15. The third-order valence-electron chi connectivity index (χ3n) is 4.63. The van der Waals surface area contributed by atoms with E-state index in [2.05, 4.69) is 46.4 Å². The topological polar surface area (TPSA) is 38.9 Å². The first-order chi connectivity index (χ1) is 13.6. The van der Waals surface area contributed by atoms with Gasteiger partial charge in [0.15, 0.2) is 0 Å². The van der Waals surface area contributed by atoms with Gasteiger partial charge in [0.05, 0.1) is 11.4 Å². The van der Waals surface area contributed by atoms with Gasteiger partial charge in [0.1, 0.15) is 5.82 Å². The molecule has 142 valence electrons. The SMILES string of the molecule is CN(Cc1ccc(-n2cccn2)cc1)Cc1cn(C)nc1-c1ccccc1F. The molecule has 2 aromatic carbocycles. The minimum atomic E-state index is -0.251. The van der Waals surface area contributed by atoms with Crippen molar-refractivity contribution < 1.29 is 4.39 Å². The van der Waals surface area contributed by atoms with Gasteiger partial charge in [-0.3, -0.25) is 9.58 Å². The molecule has 0 radical (unpaired) electrons. The van der Waals surface area contributed by atoms with Gasteiger partial charge in [-0.25, -0.2) is 9.07 Å². The molecule has 2 heterocycles. The van der Waals surface area contributed by atoms with Crippen LogP contribution in [0, 0.1) is 5.82 Å². The van der Waals surface area contributed by atoms with Crippen LogP contribution >= 0.6 is 0 Å². The number of hydrogen-bond donors (Lipinski definition) is 0. The summed E-state index contributed by atoms with van der Waals surface area (Å²) in [6.07, 6.45) is 5.65. The minimum Gasteiger partial charge on any atom is -0.298 e. The second kappa shape index (κ2) is 7.78. The van der Waals surface area contributed by atoms with E-state index in [0.717, 1.165) is 17.8 Å². The Morgan fingerprint density at radius 3 is 2.50 bits per heavy atom. The van der Waals surface area contributed by atoms with Crippen molar-refractivity contribution in [1.82, 2.24) is 24.5 Å². The predicted molar refractivity (Wildman–Crippen MR) is 107 cm³/mol. The lowest BCUT2D eigenvalue weighted by Gasteiger charge is -2.17. The molecule has 0 aliphatic rings. The maximum atomic E-state index is 14.2. The normalized spacial score (nSPS) is 11.3. The first kappa shape index (κ1) is 18.1. The van der Waals surface area contributed by atoms with Crippen molar-refractivity contribution in [3.63, 3.8) is 0 Å².